The SMILES string of the molecule is COCCCN(CCOC)c1cc(N)nc(SC)n1. The van der Waals surface area contributed by atoms with E-state index < -0.39 is 0 Å². The zero-order chi connectivity index (χ0) is 14.1. The number of hydrogen-bond donors (Lipinski definition) is 1. The molecule has 0 saturated heterocycles. The van der Waals surface area contributed by atoms with Gasteiger partial charge >= 0.3 is 0 Å². The normalized spacial score (nSPS) is 10.7. The van der Waals surface area contributed by atoms with E-state index in [2.05, 4.69) is 14.9 Å². The van der Waals surface area contributed by atoms with E-state index in [1.165, 1.54) is 11.8 Å². The van der Waals surface area contributed by atoms with Crippen LogP contribution >= 0.6 is 11.8 Å². The lowest BCUT2D eigenvalue weighted by molar-refractivity contribution is 0.191. The molecule has 0 fully saturated rings. The highest BCUT2D eigenvalue weighted by Gasteiger charge is 2.10. The molecule has 0 unspecified atom stereocenters. The van der Waals surface area contributed by atoms with Crippen molar-refractivity contribution in [3.63, 3.8) is 0 Å². The number of methoxy groups -OCH3 is 2. The van der Waals surface area contributed by atoms with E-state index in [1.54, 1.807) is 20.3 Å². The van der Waals surface area contributed by atoms with Gasteiger partial charge < -0.3 is 20.1 Å². The zero-order valence-corrected chi connectivity index (χ0v) is 12.6. The standard InChI is InChI=1S/C12H22N4O2S/c1-17-7-4-5-16(6-8-18-2)11-9-10(13)14-12(15-11)19-3/h9H,4-8H2,1-3H3,(H2,13,14,15). The van der Waals surface area contributed by atoms with Crippen molar-refractivity contribution in [2.24, 2.45) is 0 Å². The fraction of sp³-hybridized carbons (Fsp3) is 0.667. The molecule has 6 nitrogen and oxygen atoms in total. The summed E-state index contributed by atoms with van der Waals surface area (Å²) in [5, 5.41) is 0.684. The molecule has 108 valence electrons. The Bertz CT molecular complexity index is 379. The van der Waals surface area contributed by atoms with Gasteiger partial charge in [-0.3, -0.25) is 0 Å². The van der Waals surface area contributed by atoms with Crippen LogP contribution in [0.15, 0.2) is 11.2 Å². The van der Waals surface area contributed by atoms with Crippen molar-refractivity contribution in [1.82, 2.24) is 9.97 Å². The third-order valence-corrected chi connectivity index (χ3v) is 3.11. The fourth-order valence-electron chi connectivity index (χ4n) is 1.63. The number of hydrogen-bond acceptors (Lipinski definition) is 7. The molecule has 0 aliphatic rings. The molecule has 0 saturated carbocycles. The van der Waals surface area contributed by atoms with Gasteiger partial charge in [0.2, 0.25) is 0 Å². The first-order valence-electron chi connectivity index (χ1n) is 6.12. The molecule has 0 aromatic carbocycles. The summed E-state index contributed by atoms with van der Waals surface area (Å²) < 4.78 is 10.2. The maximum absolute atomic E-state index is 5.81. The predicted molar refractivity (Wildman–Crippen MR) is 78.8 cm³/mol. The van der Waals surface area contributed by atoms with Crippen molar-refractivity contribution < 1.29 is 9.47 Å². The minimum absolute atomic E-state index is 0.489. The predicted octanol–water partition coefficient (Wildman–Crippen LogP) is 1.27. The van der Waals surface area contributed by atoms with E-state index in [4.69, 9.17) is 15.2 Å². The van der Waals surface area contributed by atoms with Crippen LogP contribution in [0.25, 0.3) is 0 Å². The molecule has 1 aromatic heterocycles. The van der Waals surface area contributed by atoms with Crippen LogP contribution in [0.1, 0.15) is 6.42 Å². The molecule has 7 heteroatoms. The molecule has 1 aromatic rings. The largest absolute Gasteiger partial charge is 0.385 e. The summed E-state index contributed by atoms with van der Waals surface area (Å²) in [4.78, 5) is 10.8. The summed E-state index contributed by atoms with van der Waals surface area (Å²) in [5.74, 6) is 1.33. The zero-order valence-electron chi connectivity index (χ0n) is 11.8. The van der Waals surface area contributed by atoms with Crippen LogP contribution in [0.4, 0.5) is 11.6 Å². The second kappa shape index (κ2) is 8.95. The van der Waals surface area contributed by atoms with Gasteiger partial charge in [-0.1, -0.05) is 11.8 Å². The highest BCUT2D eigenvalue weighted by atomic mass is 32.2. The van der Waals surface area contributed by atoms with Crippen molar-refractivity contribution in [3.8, 4) is 0 Å². The van der Waals surface area contributed by atoms with Crippen LogP contribution in [-0.4, -0.2) is 56.7 Å². The first kappa shape index (κ1) is 16.0. The monoisotopic (exact) mass is 286 g/mol. The van der Waals surface area contributed by atoms with Gasteiger partial charge in [-0.25, -0.2) is 9.97 Å². The van der Waals surface area contributed by atoms with E-state index in [1.807, 2.05) is 6.26 Å². The first-order chi connectivity index (χ1) is 9.21. The highest BCUT2D eigenvalue weighted by Crippen LogP contribution is 2.18. The Morgan fingerprint density at radius 3 is 2.58 bits per heavy atom. The fourth-order valence-corrected chi connectivity index (χ4v) is 2.01. The van der Waals surface area contributed by atoms with E-state index >= 15 is 0 Å². The van der Waals surface area contributed by atoms with Crippen LogP contribution in [0, 0.1) is 0 Å². The smallest absolute Gasteiger partial charge is 0.191 e. The molecule has 2 N–H and O–H groups in total. The molecule has 1 rings (SSSR count). The minimum atomic E-state index is 0.489. The molecule has 19 heavy (non-hydrogen) atoms. The number of rotatable bonds is 9. The Labute approximate surface area is 118 Å². The van der Waals surface area contributed by atoms with Gasteiger partial charge in [-0.05, 0) is 12.7 Å². The molecule has 0 aliphatic heterocycles. The van der Waals surface area contributed by atoms with Crippen molar-refractivity contribution in [2.45, 2.75) is 11.6 Å². The Hall–Kier alpha value is -1.05. The van der Waals surface area contributed by atoms with Gasteiger partial charge in [-0.2, -0.15) is 0 Å². The van der Waals surface area contributed by atoms with Gasteiger partial charge in [0.15, 0.2) is 5.16 Å². The molecule has 0 spiro atoms. The van der Waals surface area contributed by atoms with Crippen LogP contribution in [-0.2, 0) is 9.47 Å². The Balaban J connectivity index is 2.79. The Morgan fingerprint density at radius 1 is 1.21 bits per heavy atom. The average Bonchev–Trinajstić information content (AvgIpc) is 2.42. The summed E-state index contributed by atoms with van der Waals surface area (Å²) in [6.07, 6.45) is 2.86. The van der Waals surface area contributed by atoms with Crippen LogP contribution in [0.2, 0.25) is 0 Å². The second-order valence-electron chi connectivity index (χ2n) is 3.96. The van der Waals surface area contributed by atoms with Crippen molar-refractivity contribution >= 4 is 23.4 Å². The maximum atomic E-state index is 5.81. The number of anilines is 2. The average molecular weight is 286 g/mol. The lowest BCUT2D eigenvalue weighted by Crippen LogP contribution is -2.30. The molecule has 1 heterocycles. The summed E-state index contributed by atoms with van der Waals surface area (Å²) in [5.41, 5.74) is 5.81. The van der Waals surface area contributed by atoms with E-state index in [0.29, 0.717) is 17.6 Å². The van der Waals surface area contributed by atoms with Gasteiger partial charge in [0.05, 0.1) is 6.61 Å². The molecular formula is C12H22N4O2S. The van der Waals surface area contributed by atoms with Crippen molar-refractivity contribution in [2.75, 3.05) is 57.4 Å². The van der Waals surface area contributed by atoms with E-state index in [0.717, 1.165) is 31.9 Å². The Morgan fingerprint density at radius 2 is 1.95 bits per heavy atom. The number of nitrogen functional groups attached to an aromatic ring is 1. The van der Waals surface area contributed by atoms with Crippen molar-refractivity contribution in [3.05, 3.63) is 6.07 Å². The number of aromatic nitrogens is 2. The summed E-state index contributed by atoms with van der Waals surface area (Å²) >= 11 is 1.48. The highest BCUT2D eigenvalue weighted by molar-refractivity contribution is 7.98. The summed E-state index contributed by atoms with van der Waals surface area (Å²) in [6.45, 7) is 2.98. The molecule has 0 bridgehead atoms. The third kappa shape index (κ3) is 5.63. The van der Waals surface area contributed by atoms with Crippen LogP contribution < -0.4 is 10.6 Å². The minimum Gasteiger partial charge on any atom is -0.385 e. The van der Waals surface area contributed by atoms with Gasteiger partial charge in [0, 0.05) is 40.0 Å². The number of nitrogens with two attached hydrogens (primary N) is 1. The van der Waals surface area contributed by atoms with Crippen LogP contribution in [0.3, 0.4) is 0 Å². The summed E-state index contributed by atoms with van der Waals surface area (Å²) in [7, 11) is 3.39. The first-order valence-corrected chi connectivity index (χ1v) is 7.35. The maximum Gasteiger partial charge on any atom is 0.191 e. The van der Waals surface area contributed by atoms with E-state index in [-0.39, 0.29) is 0 Å². The van der Waals surface area contributed by atoms with Gasteiger partial charge in [-0.15, -0.1) is 0 Å². The quantitative estimate of drug-likeness (QED) is 0.416. The lowest BCUT2D eigenvalue weighted by atomic mass is 10.3. The summed E-state index contributed by atoms with van der Waals surface area (Å²) in [6, 6.07) is 1.79. The van der Waals surface area contributed by atoms with Gasteiger partial charge in [0.1, 0.15) is 11.6 Å². The number of ether oxygens (including phenoxy) is 2. The molecular weight excluding hydrogens is 264 g/mol. The van der Waals surface area contributed by atoms with Gasteiger partial charge in [0.25, 0.3) is 0 Å². The molecule has 0 amide bonds. The molecule has 0 aliphatic carbocycles. The van der Waals surface area contributed by atoms with Crippen molar-refractivity contribution in [1.29, 1.82) is 0 Å². The molecule has 0 atom stereocenters. The van der Waals surface area contributed by atoms with E-state index in [9.17, 15) is 0 Å². The Kier molecular flexibility index (Phi) is 7.54. The third-order valence-electron chi connectivity index (χ3n) is 2.56. The topological polar surface area (TPSA) is 73.5 Å². The number of nitrogens with zero attached hydrogens (tertiary/aromatic N) is 3. The number of thioether (sulfide) groups is 1. The van der Waals surface area contributed by atoms with Crippen LogP contribution in [0.5, 0.6) is 0 Å². The molecule has 0 radical (unpaired) electrons. The second-order valence-corrected chi connectivity index (χ2v) is 4.74. The lowest BCUT2D eigenvalue weighted by Gasteiger charge is -2.23.